The lowest BCUT2D eigenvalue weighted by Gasteiger charge is -2.32. The summed E-state index contributed by atoms with van der Waals surface area (Å²) in [5, 5.41) is 2.91. The smallest absolute Gasteiger partial charge is 0.237 e. The van der Waals surface area contributed by atoms with Crippen LogP contribution in [-0.4, -0.2) is 47.9 Å². The summed E-state index contributed by atoms with van der Waals surface area (Å²) in [6.45, 7) is 2.08. The van der Waals surface area contributed by atoms with Gasteiger partial charge in [-0.1, -0.05) is 0 Å². The largest absolute Gasteiger partial charge is 0.370 e. The van der Waals surface area contributed by atoms with E-state index in [1.54, 1.807) is 0 Å². The predicted molar refractivity (Wildman–Crippen MR) is 67.5 cm³/mol. The van der Waals surface area contributed by atoms with Crippen molar-refractivity contribution in [3.8, 4) is 0 Å². The molecule has 5 N–H and O–H groups in total. The quantitative estimate of drug-likeness (QED) is 0.581. The van der Waals surface area contributed by atoms with Crippen LogP contribution in [0.1, 0.15) is 32.1 Å². The molecule has 18 heavy (non-hydrogen) atoms. The van der Waals surface area contributed by atoms with Crippen LogP contribution >= 0.6 is 0 Å². The maximum Gasteiger partial charge on any atom is 0.237 e. The Kier molecular flexibility index (Phi) is 4.19. The average Bonchev–Trinajstić information content (AvgIpc) is 3.13. The number of primary amides is 1. The first-order valence-electron chi connectivity index (χ1n) is 6.64. The molecule has 0 radical (unpaired) electrons. The fourth-order valence-corrected chi connectivity index (χ4v) is 2.47. The minimum absolute atomic E-state index is 0.0905. The second-order valence-electron chi connectivity index (χ2n) is 5.33. The molecule has 0 spiro atoms. The summed E-state index contributed by atoms with van der Waals surface area (Å²) < 4.78 is 0. The zero-order chi connectivity index (χ0) is 13.1. The molecule has 0 aromatic carbocycles. The molecule has 0 aromatic heterocycles. The number of rotatable bonds is 5. The van der Waals surface area contributed by atoms with Crippen molar-refractivity contribution in [2.75, 3.05) is 13.1 Å². The van der Waals surface area contributed by atoms with E-state index in [9.17, 15) is 9.59 Å². The van der Waals surface area contributed by atoms with Gasteiger partial charge in [0.25, 0.3) is 0 Å². The fraction of sp³-hybridized carbons (Fsp3) is 0.833. The molecule has 1 saturated heterocycles. The lowest BCUT2D eigenvalue weighted by atomic mass is 10.0. The second kappa shape index (κ2) is 5.67. The molecule has 2 aliphatic rings. The van der Waals surface area contributed by atoms with Gasteiger partial charge in [0.2, 0.25) is 11.8 Å². The van der Waals surface area contributed by atoms with Gasteiger partial charge in [0.1, 0.15) is 0 Å². The summed E-state index contributed by atoms with van der Waals surface area (Å²) >= 11 is 0. The van der Waals surface area contributed by atoms with Gasteiger partial charge in [-0.25, -0.2) is 0 Å². The van der Waals surface area contributed by atoms with Crippen LogP contribution in [0.25, 0.3) is 0 Å². The molecule has 0 bridgehead atoms. The van der Waals surface area contributed by atoms with Crippen molar-refractivity contribution in [2.24, 2.45) is 11.5 Å². The van der Waals surface area contributed by atoms with E-state index < -0.39 is 11.9 Å². The molecule has 1 aliphatic carbocycles. The second-order valence-corrected chi connectivity index (χ2v) is 5.33. The van der Waals surface area contributed by atoms with Crippen LogP contribution in [0.3, 0.4) is 0 Å². The molecule has 2 amide bonds. The van der Waals surface area contributed by atoms with Crippen LogP contribution in [0.15, 0.2) is 0 Å². The number of amides is 2. The number of nitrogens with zero attached hydrogens (tertiary/aromatic N) is 1. The van der Waals surface area contributed by atoms with E-state index in [2.05, 4.69) is 10.2 Å². The van der Waals surface area contributed by atoms with Gasteiger partial charge in [-0.3, -0.25) is 9.59 Å². The van der Waals surface area contributed by atoms with Crippen LogP contribution in [-0.2, 0) is 9.59 Å². The van der Waals surface area contributed by atoms with Crippen molar-refractivity contribution < 1.29 is 9.59 Å². The SMILES string of the molecule is NC(=O)CC(N)C(=O)NC1CCN(C2CC2)CC1. The van der Waals surface area contributed by atoms with Gasteiger partial charge >= 0.3 is 0 Å². The summed E-state index contributed by atoms with van der Waals surface area (Å²) in [5.74, 6) is -0.806. The van der Waals surface area contributed by atoms with E-state index in [0.29, 0.717) is 0 Å². The normalized spacial score (nSPS) is 23.6. The van der Waals surface area contributed by atoms with Gasteiger partial charge in [-0.15, -0.1) is 0 Å². The number of carbonyl (C=O) groups excluding carboxylic acids is 2. The molecule has 1 atom stereocenters. The molecule has 1 unspecified atom stereocenters. The number of likely N-dealkylation sites (tertiary alicyclic amines) is 1. The number of hydrogen-bond donors (Lipinski definition) is 3. The van der Waals surface area contributed by atoms with Crippen LogP contribution in [0.5, 0.6) is 0 Å². The Hall–Kier alpha value is -1.14. The third kappa shape index (κ3) is 3.68. The van der Waals surface area contributed by atoms with Crippen molar-refractivity contribution in [1.29, 1.82) is 0 Å². The molecule has 1 heterocycles. The van der Waals surface area contributed by atoms with E-state index >= 15 is 0 Å². The summed E-state index contributed by atoms with van der Waals surface area (Å²) in [5.41, 5.74) is 10.6. The zero-order valence-corrected chi connectivity index (χ0v) is 10.6. The van der Waals surface area contributed by atoms with Gasteiger partial charge in [-0.05, 0) is 25.7 Å². The van der Waals surface area contributed by atoms with Crippen molar-refractivity contribution in [3.63, 3.8) is 0 Å². The summed E-state index contributed by atoms with van der Waals surface area (Å²) in [7, 11) is 0. The Morgan fingerprint density at radius 3 is 2.33 bits per heavy atom. The van der Waals surface area contributed by atoms with Crippen LogP contribution in [0, 0.1) is 0 Å². The van der Waals surface area contributed by atoms with E-state index in [1.165, 1.54) is 12.8 Å². The molecule has 1 saturated carbocycles. The third-order valence-corrected chi connectivity index (χ3v) is 3.70. The van der Waals surface area contributed by atoms with Gasteiger partial charge in [0.05, 0.1) is 12.5 Å². The number of nitrogens with one attached hydrogen (secondary N) is 1. The highest BCUT2D eigenvalue weighted by Gasteiger charge is 2.32. The van der Waals surface area contributed by atoms with Crippen molar-refractivity contribution in [2.45, 2.75) is 50.2 Å². The van der Waals surface area contributed by atoms with Crippen molar-refractivity contribution in [1.82, 2.24) is 10.2 Å². The maximum atomic E-state index is 11.7. The minimum atomic E-state index is -0.816. The topological polar surface area (TPSA) is 101 Å². The highest BCUT2D eigenvalue weighted by Crippen LogP contribution is 2.29. The molecule has 2 rings (SSSR count). The number of hydrogen-bond acceptors (Lipinski definition) is 4. The van der Waals surface area contributed by atoms with E-state index in [4.69, 9.17) is 11.5 Å². The highest BCUT2D eigenvalue weighted by molar-refractivity contribution is 5.87. The fourth-order valence-electron chi connectivity index (χ4n) is 2.47. The molecular weight excluding hydrogens is 232 g/mol. The van der Waals surface area contributed by atoms with E-state index in [1.807, 2.05) is 0 Å². The molecule has 2 fully saturated rings. The Morgan fingerprint density at radius 2 is 1.83 bits per heavy atom. The number of nitrogens with two attached hydrogens (primary N) is 2. The molecule has 1 aliphatic heterocycles. The third-order valence-electron chi connectivity index (χ3n) is 3.70. The number of piperidine rings is 1. The maximum absolute atomic E-state index is 11.7. The Morgan fingerprint density at radius 1 is 1.22 bits per heavy atom. The van der Waals surface area contributed by atoms with Crippen LogP contribution in [0.4, 0.5) is 0 Å². The Balaban J connectivity index is 1.70. The predicted octanol–water partition coefficient (Wildman–Crippen LogP) is -1.07. The number of carbonyl (C=O) groups is 2. The molecule has 6 nitrogen and oxygen atoms in total. The van der Waals surface area contributed by atoms with E-state index in [-0.39, 0.29) is 18.4 Å². The minimum Gasteiger partial charge on any atom is -0.370 e. The lowest BCUT2D eigenvalue weighted by molar-refractivity contribution is -0.127. The zero-order valence-electron chi connectivity index (χ0n) is 10.6. The van der Waals surface area contributed by atoms with Crippen molar-refractivity contribution >= 4 is 11.8 Å². The molecule has 0 aromatic rings. The Bertz CT molecular complexity index is 322. The van der Waals surface area contributed by atoms with Gasteiger partial charge in [0.15, 0.2) is 0 Å². The first-order valence-corrected chi connectivity index (χ1v) is 6.64. The summed E-state index contributed by atoms with van der Waals surface area (Å²) in [6.07, 6.45) is 4.48. The van der Waals surface area contributed by atoms with Crippen LogP contribution in [0.2, 0.25) is 0 Å². The standard InChI is InChI=1S/C12H22N4O2/c13-10(7-11(14)17)12(18)15-8-3-5-16(6-4-8)9-1-2-9/h8-10H,1-7,13H2,(H2,14,17)(H,15,18). The summed E-state index contributed by atoms with van der Waals surface area (Å²) in [4.78, 5) is 24.9. The highest BCUT2D eigenvalue weighted by atomic mass is 16.2. The molecular formula is C12H22N4O2. The van der Waals surface area contributed by atoms with Crippen LogP contribution < -0.4 is 16.8 Å². The first kappa shape index (κ1) is 13.3. The monoisotopic (exact) mass is 254 g/mol. The first-order chi connectivity index (χ1) is 8.56. The molecule has 102 valence electrons. The molecule has 6 heteroatoms. The van der Waals surface area contributed by atoms with Gasteiger partial charge < -0.3 is 21.7 Å². The Labute approximate surface area is 107 Å². The van der Waals surface area contributed by atoms with E-state index in [0.717, 1.165) is 32.0 Å². The van der Waals surface area contributed by atoms with Gasteiger partial charge in [-0.2, -0.15) is 0 Å². The summed E-state index contributed by atoms with van der Waals surface area (Å²) in [6, 6.07) is 0.161. The van der Waals surface area contributed by atoms with Gasteiger partial charge in [0, 0.05) is 25.2 Å². The van der Waals surface area contributed by atoms with Crippen molar-refractivity contribution in [3.05, 3.63) is 0 Å². The average molecular weight is 254 g/mol. The lowest BCUT2D eigenvalue weighted by Crippen LogP contribution is -2.50.